The Morgan fingerprint density at radius 2 is 1.77 bits per heavy atom. The van der Waals surface area contributed by atoms with Crippen LogP contribution in [0.25, 0.3) is 11.1 Å². The van der Waals surface area contributed by atoms with Crippen molar-refractivity contribution in [2.75, 3.05) is 5.32 Å². The fourth-order valence-corrected chi connectivity index (χ4v) is 2.30. The second-order valence-corrected chi connectivity index (χ2v) is 5.27. The van der Waals surface area contributed by atoms with Crippen molar-refractivity contribution in [1.29, 1.82) is 0 Å². The minimum Gasteiger partial charge on any atom is -0.321 e. The van der Waals surface area contributed by atoms with E-state index in [-0.39, 0.29) is 27.1 Å². The van der Waals surface area contributed by atoms with Crippen LogP contribution in [-0.2, 0) is 6.30 Å². The molecule has 1 amide bonds. The third-order valence-electron chi connectivity index (χ3n) is 3.50. The molecule has 1 aromatic heterocycles. The number of nitrogens with one attached hydrogen (secondary N) is 1. The van der Waals surface area contributed by atoms with E-state index in [1.807, 2.05) is 0 Å². The number of para-hydroxylation sites is 1. The summed E-state index contributed by atoms with van der Waals surface area (Å²) in [6.07, 6.45) is -3.46. The predicted molar refractivity (Wildman–Crippen MR) is 83.3 cm³/mol. The average Bonchev–Trinajstić information content (AvgIpc) is 3.08. The number of rotatable bonds is 3. The molecule has 4 nitrogen and oxygen atoms in total. The van der Waals surface area contributed by atoms with Crippen LogP contribution in [0.3, 0.4) is 0 Å². The monoisotopic (exact) mass is 367 g/mol. The summed E-state index contributed by atoms with van der Waals surface area (Å²) in [5.41, 5.74) is -0.133. The lowest BCUT2D eigenvalue weighted by molar-refractivity contribution is -0.212. The molecule has 134 valence electrons. The summed E-state index contributed by atoms with van der Waals surface area (Å²) in [6.45, 7) is 0. The number of benzene rings is 2. The number of hydrogen-bond acceptors (Lipinski definition) is 2. The van der Waals surface area contributed by atoms with Gasteiger partial charge >= 0.3 is 6.30 Å². The van der Waals surface area contributed by atoms with Crippen LogP contribution in [0.4, 0.5) is 27.6 Å². The van der Waals surface area contributed by atoms with Gasteiger partial charge in [-0.2, -0.15) is 9.78 Å². The van der Waals surface area contributed by atoms with Gasteiger partial charge < -0.3 is 5.32 Å². The van der Waals surface area contributed by atoms with Crippen molar-refractivity contribution in [3.63, 3.8) is 0 Å². The standard InChI is InChI=1S/C17H10F5N3O/c18-11-5-6-14(19)13(7-11)12-3-1-2-4-15(12)24-16(26)10-8-23-25(9-10)17(20,21)22/h1-9H,(H,24,26). The number of aromatic nitrogens is 2. The quantitative estimate of drug-likeness (QED) is 0.690. The highest BCUT2D eigenvalue weighted by Crippen LogP contribution is 2.31. The second kappa shape index (κ2) is 6.58. The molecular formula is C17H10F5N3O. The Balaban J connectivity index is 1.93. The largest absolute Gasteiger partial charge is 0.504 e. The van der Waals surface area contributed by atoms with Gasteiger partial charge in [0.05, 0.1) is 11.8 Å². The smallest absolute Gasteiger partial charge is 0.321 e. The minimum atomic E-state index is -4.75. The van der Waals surface area contributed by atoms with Crippen LogP contribution in [0.15, 0.2) is 54.9 Å². The van der Waals surface area contributed by atoms with Gasteiger partial charge in [0.25, 0.3) is 5.91 Å². The van der Waals surface area contributed by atoms with Gasteiger partial charge in [-0.3, -0.25) is 4.79 Å². The maximum Gasteiger partial charge on any atom is 0.504 e. The normalized spacial score (nSPS) is 11.4. The first-order valence-electron chi connectivity index (χ1n) is 7.23. The first-order chi connectivity index (χ1) is 12.3. The van der Waals surface area contributed by atoms with Gasteiger partial charge in [0.1, 0.15) is 11.6 Å². The molecule has 3 rings (SSSR count). The van der Waals surface area contributed by atoms with Crippen LogP contribution in [0, 0.1) is 11.6 Å². The molecule has 0 bridgehead atoms. The molecule has 0 aliphatic rings. The number of anilines is 1. The van der Waals surface area contributed by atoms with Crippen LogP contribution in [0.5, 0.6) is 0 Å². The highest BCUT2D eigenvalue weighted by atomic mass is 19.4. The van der Waals surface area contributed by atoms with Gasteiger partial charge in [-0.25, -0.2) is 8.78 Å². The fourth-order valence-electron chi connectivity index (χ4n) is 2.30. The van der Waals surface area contributed by atoms with Gasteiger partial charge in [-0.15, -0.1) is 13.2 Å². The van der Waals surface area contributed by atoms with Crippen LogP contribution in [0.1, 0.15) is 10.4 Å². The number of halogens is 5. The van der Waals surface area contributed by atoms with Crippen molar-refractivity contribution in [3.05, 3.63) is 72.1 Å². The molecule has 3 aromatic rings. The van der Waals surface area contributed by atoms with E-state index in [1.54, 1.807) is 6.07 Å². The molecule has 0 unspecified atom stereocenters. The predicted octanol–water partition coefficient (Wildman–Crippen LogP) is 4.56. The second-order valence-electron chi connectivity index (χ2n) is 5.27. The Morgan fingerprint density at radius 3 is 2.46 bits per heavy atom. The Bertz CT molecular complexity index is 965. The van der Waals surface area contributed by atoms with Crippen LogP contribution in [-0.4, -0.2) is 15.7 Å². The molecule has 9 heteroatoms. The van der Waals surface area contributed by atoms with Gasteiger partial charge in [0, 0.05) is 23.0 Å². The molecule has 0 saturated carbocycles. The van der Waals surface area contributed by atoms with E-state index in [0.29, 0.717) is 6.20 Å². The minimum absolute atomic E-state index is 0.0908. The Labute approximate surface area is 143 Å². The molecule has 1 N–H and O–H groups in total. The van der Waals surface area contributed by atoms with Crippen LogP contribution in [0.2, 0.25) is 0 Å². The Kier molecular flexibility index (Phi) is 4.45. The van der Waals surface area contributed by atoms with Gasteiger partial charge in [0.15, 0.2) is 0 Å². The zero-order valence-electron chi connectivity index (χ0n) is 12.9. The van der Waals surface area contributed by atoms with Crippen LogP contribution < -0.4 is 5.32 Å². The van der Waals surface area contributed by atoms with E-state index in [4.69, 9.17) is 0 Å². The van der Waals surface area contributed by atoms with E-state index in [2.05, 4.69) is 10.4 Å². The molecule has 0 saturated heterocycles. The summed E-state index contributed by atoms with van der Waals surface area (Å²) >= 11 is 0. The molecule has 2 aromatic carbocycles. The average molecular weight is 367 g/mol. The zero-order chi connectivity index (χ0) is 18.9. The molecule has 1 heterocycles. The van der Waals surface area contributed by atoms with Crippen molar-refractivity contribution < 1.29 is 26.7 Å². The lowest BCUT2D eigenvalue weighted by Gasteiger charge is -2.11. The zero-order valence-corrected chi connectivity index (χ0v) is 12.9. The van der Waals surface area contributed by atoms with Crippen molar-refractivity contribution >= 4 is 11.6 Å². The maximum atomic E-state index is 14.0. The molecule has 26 heavy (non-hydrogen) atoms. The van der Waals surface area contributed by atoms with Crippen molar-refractivity contribution in [2.45, 2.75) is 6.30 Å². The van der Waals surface area contributed by atoms with Gasteiger partial charge in [-0.05, 0) is 24.3 Å². The lowest BCUT2D eigenvalue weighted by atomic mass is 10.0. The summed E-state index contributed by atoms with van der Waals surface area (Å²) in [4.78, 5) is 12.2. The highest BCUT2D eigenvalue weighted by Gasteiger charge is 2.32. The van der Waals surface area contributed by atoms with E-state index < -0.39 is 23.8 Å². The molecule has 0 aliphatic carbocycles. The van der Waals surface area contributed by atoms with Crippen molar-refractivity contribution in [1.82, 2.24) is 9.78 Å². The summed E-state index contributed by atoms with van der Waals surface area (Å²) in [5.74, 6) is -2.25. The first kappa shape index (κ1) is 17.6. The first-order valence-corrected chi connectivity index (χ1v) is 7.23. The maximum absolute atomic E-state index is 14.0. The molecule has 0 radical (unpaired) electrons. The van der Waals surface area contributed by atoms with Crippen molar-refractivity contribution in [3.8, 4) is 11.1 Å². The van der Waals surface area contributed by atoms with Crippen LogP contribution >= 0.6 is 0 Å². The van der Waals surface area contributed by atoms with E-state index in [0.717, 1.165) is 24.4 Å². The molecular weight excluding hydrogens is 357 g/mol. The Hall–Kier alpha value is -3.23. The SMILES string of the molecule is O=C(Nc1ccccc1-c1cc(F)ccc1F)c1cnn(C(F)(F)F)c1. The van der Waals surface area contributed by atoms with Gasteiger partial charge in [0.2, 0.25) is 0 Å². The highest BCUT2D eigenvalue weighted by molar-refractivity contribution is 6.06. The van der Waals surface area contributed by atoms with Crippen molar-refractivity contribution in [2.24, 2.45) is 0 Å². The van der Waals surface area contributed by atoms with Gasteiger partial charge in [-0.1, -0.05) is 18.2 Å². The summed E-state index contributed by atoms with van der Waals surface area (Å²) in [7, 11) is 0. The molecule has 0 atom stereocenters. The lowest BCUT2D eigenvalue weighted by Crippen LogP contribution is -2.17. The van der Waals surface area contributed by atoms with E-state index in [9.17, 15) is 26.7 Å². The number of carbonyl (C=O) groups is 1. The fraction of sp³-hybridized carbons (Fsp3) is 0.0588. The third-order valence-corrected chi connectivity index (χ3v) is 3.50. The van der Waals surface area contributed by atoms with E-state index >= 15 is 0 Å². The van der Waals surface area contributed by atoms with E-state index in [1.165, 1.54) is 18.2 Å². The molecule has 0 aliphatic heterocycles. The summed E-state index contributed by atoms with van der Waals surface area (Å²) in [5, 5.41) is 5.47. The summed E-state index contributed by atoms with van der Waals surface area (Å²) in [6, 6.07) is 8.81. The number of carbonyl (C=O) groups excluding carboxylic acids is 1. The topological polar surface area (TPSA) is 46.9 Å². The molecule has 0 spiro atoms. The third kappa shape index (κ3) is 3.56. The number of nitrogens with zero attached hydrogens (tertiary/aromatic N) is 2. The number of alkyl halides is 3. The molecule has 0 fully saturated rings. The number of hydrogen-bond donors (Lipinski definition) is 1. The summed E-state index contributed by atoms with van der Waals surface area (Å²) < 4.78 is 64.8. The number of amides is 1. The Morgan fingerprint density at radius 1 is 1.04 bits per heavy atom.